The van der Waals surface area contributed by atoms with E-state index in [9.17, 15) is 4.79 Å². The van der Waals surface area contributed by atoms with Crippen LogP contribution in [0.1, 0.15) is 27.4 Å². The van der Waals surface area contributed by atoms with Crippen LogP contribution in [0.2, 0.25) is 0 Å². The predicted octanol–water partition coefficient (Wildman–Crippen LogP) is 1.85. The number of amides is 1. The summed E-state index contributed by atoms with van der Waals surface area (Å²) >= 11 is 6.24. The molecule has 0 unspecified atom stereocenters. The summed E-state index contributed by atoms with van der Waals surface area (Å²) in [5.41, 5.74) is 5.34. The van der Waals surface area contributed by atoms with Crippen molar-refractivity contribution in [3.8, 4) is 0 Å². The molecule has 1 aromatic rings. The van der Waals surface area contributed by atoms with Gasteiger partial charge in [-0.1, -0.05) is 12.2 Å². The SMILES string of the molecule is Cc1ccc(C(=O)NCCCC(N)=S)s1. The van der Waals surface area contributed by atoms with E-state index in [1.54, 1.807) is 0 Å². The quantitative estimate of drug-likeness (QED) is 0.612. The van der Waals surface area contributed by atoms with Crippen molar-refractivity contribution >= 4 is 34.5 Å². The van der Waals surface area contributed by atoms with Crippen LogP contribution in [0.25, 0.3) is 0 Å². The van der Waals surface area contributed by atoms with Gasteiger partial charge in [-0.05, 0) is 31.9 Å². The molecule has 3 nitrogen and oxygen atoms in total. The number of thiophene rings is 1. The van der Waals surface area contributed by atoms with Gasteiger partial charge in [-0.3, -0.25) is 4.79 Å². The van der Waals surface area contributed by atoms with E-state index in [0.29, 0.717) is 18.0 Å². The lowest BCUT2D eigenvalue weighted by atomic mass is 10.3. The summed E-state index contributed by atoms with van der Waals surface area (Å²) in [5, 5.41) is 2.82. The molecule has 0 atom stereocenters. The Morgan fingerprint density at radius 1 is 1.60 bits per heavy atom. The van der Waals surface area contributed by atoms with Crippen molar-refractivity contribution in [2.24, 2.45) is 5.73 Å². The first-order valence-electron chi connectivity index (χ1n) is 4.72. The smallest absolute Gasteiger partial charge is 0.261 e. The lowest BCUT2D eigenvalue weighted by Crippen LogP contribution is -2.24. The monoisotopic (exact) mass is 242 g/mol. The summed E-state index contributed by atoms with van der Waals surface area (Å²) in [6.07, 6.45) is 1.48. The Balaban J connectivity index is 2.28. The number of hydrogen-bond donors (Lipinski definition) is 2. The summed E-state index contributed by atoms with van der Waals surface area (Å²) in [5.74, 6) is -0.0176. The number of carbonyl (C=O) groups is 1. The van der Waals surface area contributed by atoms with Crippen molar-refractivity contribution < 1.29 is 4.79 Å². The van der Waals surface area contributed by atoms with Crippen molar-refractivity contribution in [2.45, 2.75) is 19.8 Å². The standard InChI is InChI=1S/C10H14N2OS2/c1-7-4-5-8(15-7)10(13)12-6-2-3-9(11)14/h4-5H,2-3,6H2,1H3,(H2,11,14)(H,12,13). The number of nitrogens with two attached hydrogens (primary N) is 1. The second-order valence-electron chi connectivity index (χ2n) is 3.24. The molecule has 0 spiro atoms. The summed E-state index contributed by atoms with van der Waals surface area (Å²) < 4.78 is 0. The molecule has 1 amide bonds. The van der Waals surface area contributed by atoms with Gasteiger partial charge in [0.05, 0.1) is 9.87 Å². The highest BCUT2D eigenvalue weighted by atomic mass is 32.1. The molecule has 0 radical (unpaired) electrons. The first kappa shape index (κ1) is 12.1. The molecule has 0 saturated carbocycles. The molecule has 1 rings (SSSR count). The molecule has 0 aliphatic carbocycles. The van der Waals surface area contributed by atoms with Gasteiger partial charge in [0, 0.05) is 11.4 Å². The number of carbonyl (C=O) groups excluding carboxylic acids is 1. The fourth-order valence-corrected chi connectivity index (χ4v) is 2.04. The molecule has 0 saturated heterocycles. The zero-order valence-corrected chi connectivity index (χ0v) is 10.2. The summed E-state index contributed by atoms with van der Waals surface area (Å²) in [6, 6.07) is 3.78. The zero-order chi connectivity index (χ0) is 11.3. The highest BCUT2D eigenvalue weighted by Gasteiger charge is 2.06. The van der Waals surface area contributed by atoms with Crippen LogP contribution in [0.3, 0.4) is 0 Å². The maximum absolute atomic E-state index is 11.5. The van der Waals surface area contributed by atoms with Crippen molar-refractivity contribution in [1.82, 2.24) is 5.32 Å². The van der Waals surface area contributed by atoms with Crippen molar-refractivity contribution in [1.29, 1.82) is 0 Å². The lowest BCUT2D eigenvalue weighted by molar-refractivity contribution is 0.0957. The van der Waals surface area contributed by atoms with Gasteiger partial charge < -0.3 is 11.1 Å². The molecular weight excluding hydrogens is 228 g/mol. The van der Waals surface area contributed by atoms with Crippen LogP contribution in [-0.2, 0) is 0 Å². The third-order valence-electron chi connectivity index (χ3n) is 1.85. The molecule has 0 bridgehead atoms. The number of thiocarbonyl (C=S) groups is 1. The van der Waals surface area contributed by atoms with E-state index < -0.39 is 0 Å². The van der Waals surface area contributed by atoms with Crippen LogP contribution in [0.5, 0.6) is 0 Å². The zero-order valence-electron chi connectivity index (χ0n) is 8.58. The van der Waals surface area contributed by atoms with E-state index in [-0.39, 0.29) is 5.91 Å². The highest BCUT2D eigenvalue weighted by Crippen LogP contribution is 2.14. The summed E-state index contributed by atoms with van der Waals surface area (Å²) in [7, 11) is 0. The second-order valence-corrected chi connectivity index (χ2v) is 5.05. The van der Waals surface area contributed by atoms with Crippen LogP contribution < -0.4 is 11.1 Å². The number of rotatable bonds is 5. The third kappa shape index (κ3) is 4.40. The Morgan fingerprint density at radius 3 is 2.87 bits per heavy atom. The van der Waals surface area contributed by atoms with Gasteiger partial charge in [-0.2, -0.15) is 0 Å². The molecule has 15 heavy (non-hydrogen) atoms. The summed E-state index contributed by atoms with van der Waals surface area (Å²) in [4.78, 5) is 13.9. The molecule has 0 aromatic carbocycles. The largest absolute Gasteiger partial charge is 0.393 e. The highest BCUT2D eigenvalue weighted by molar-refractivity contribution is 7.80. The van der Waals surface area contributed by atoms with Crippen LogP contribution in [0.4, 0.5) is 0 Å². The van der Waals surface area contributed by atoms with Gasteiger partial charge >= 0.3 is 0 Å². The van der Waals surface area contributed by atoms with E-state index in [4.69, 9.17) is 18.0 Å². The molecule has 0 aliphatic rings. The minimum Gasteiger partial charge on any atom is -0.393 e. The Labute approximate surface area is 98.7 Å². The van der Waals surface area contributed by atoms with E-state index in [0.717, 1.165) is 16.2 Å². The van der Waals surface area contributed by atoms with E-state index in [1.165, 1.54) is 11.3 Å². The van der Waals surface area contributed by atoms with Gasteiger partial charge in [0.15, 0.2) is 0 Å². The van der Waals surface area contributed by atoms with Crippen molar-refractivity contribution in [3.63, 3.8) is 0 Å². The first-order valence-corrected chi connectivity index (χ1v) is 5.95. The Morgan fingerprint density at radius 2 is 2.33 bits per heavy atom. The van der Waals surface area contributed by atoms with Gasteiger partial charge in [0.25, 0.3) is 5.91 Å². The third-order valence-corrected chi connectivity index (χ3v) is 3.05. The molecule has 0 fully saturated rings. The van der Waals surface area contributed by atoms with E-state index in [2.05, 4.69) is 5.32 Å². The number of aryl methyl sites for hydroxylation is 1. The molecule has 82 valence electrons. The molecular formula is C10H14N2OS2. The van der Waals surface area contributed by atoms with Crippen molar-refractivity contribution in [3.05, 3.63) is 21.9 Å². The van der Waals surface area contributed by atoms with Gasteiger partial charge in [0.2, 0.25) is 0 Å². The van der Waals surface area contributed by atoms with Crippen molar-refractivity contribution in [2.75, 3.05) is 6.54 Å². The molecule has 5 heteroatoms. The predicted molar refractivity (Wildman–Crippen MR) is 67.4 cm³/mol. The number of hydrogen-bond acceptors (Lipinski definition) is 3. The minimum atomic E-state index is -0.0176. The minimum absolute atomic E-state index is 0.0176. The molecule has 3 N–H and O–H groups in total. The average molecular weight is 242 g/mol. The van der Waals surface area contributed by atoms with Gasteiger partial charge in [0.1, 0.15) is 0 Å². The molecule has 1 heterocycles. The van der Waals surface area contributed by atoms with Gasteiger partial charge in [-0.15, -0.1) is 11.3 Å². The second kappa shape index (κ2) is 5.82. The maximum atomic E-state index is 11.5. The Hall–Kier alpha value is -0.940. The maximum Gasteiger partial charge on any atom is 0.261 e. The first-order chi connectivity index (χ1) is 7.09. The fourth-order valence-electron chi connectivity index (χ4n) is 1.11. The van der Waals surface area contributed by atoms with Gasteiger partial charge in [-0.25, -0.2) is 0 Å². The summed E-state index contributed by atoms with van der Waals surface area (Å²) in [6.45, 7) is 2.60. The van der Waals surface area contributed by atoms with Crippen LogP contribution in [0.15, 0.2) is 12.1 Å². The number of nitrogens with one attached hydrogen (secondary N) is 1. The Kier molecular flexibility index (Phi) is 4.71. The lowest BCUT2D eigenvalue weighted by Gasteiger charge is -2.02. The van der Waals surface area contributed by atoms with Crippen LogP contribution in [-0.4, -0.2) is 17.4 Å². The Bertz CT molecular complexity index is 360. The normalized spacial score (nSPS) is 9.93. The molecule has 1 aromatic heterocycles. The van der Waals surface area contributed by atoms with Crippen LogP contribution in [0, 0.1) is 6.92 Å². The van der Waals surface area contributed by atoms with E-state index >= 15 is 0 Å². The van der Waals surface area contributed by atoms with E-state index in [1.807, 2.05) is 19.1 Å². The average Bonchev–Trinajstić information content (AvgIpc) is 2.59. The topological polar surface area (TPSA) is 55.1 Å². The molecule has 0 aliphatic heterocycles. The fraction of sp³-hybridized carbons (Fsp3) is 0.400. The van der Waals surface area contributed by atoms with Crippen LogP contribution >= 0.6 is 23.6 Å².